The van der Waals surface area contributed by atoms with Crippen molar-refractivity contribution >= 4 is 11.6 Å². The maximum Gasteiger partial charge on any atom is 0.231 e. The van der Waals surface area contributed by atoms with Crippen LogP contribution in [-0.4, -0.2) is 19.8 Å². The topological polar surface area (TPSA) is 56.8 Å². The summed E-state index contributed by atoms with van der Waals surface area (Å²) in [5.74, 6) is 0.586. The van der Waals surface area contributed by atoms with E-state index >= 15 is 0 Å². The molecule has 5 nitrogen and oxygen atoms in total. The fourth-order valence-corrected chi connectivity index (χ4v) is 3.14. The molecule has 1 unspecified atom stereocenters. The van der Waals surface area contributed by atoms with Crippen molar-refractivity contribution in [2.45, 2.75) is 12.3 Å². The maximum atomic E-state index is 14.4. The first-order valence-corrected chi connectivity index (χ1v) is 7.23. The highest BCUT2D eigenvalue weighted by Crippen LogP contribution is 2.46. The van der Waals surface area contributed by atoms with Crippen LogP contribution in [-0.2, 0) is 4.79 Å². The van der Waals surface area contributed by atoms with E-state index in [1.165, 1.54) is 13.2 Å². The second kappa shape index (κ2) is 5.15. The number of methoxy groups -OCH3 is 1. The Labute approximate surface area is 132 Å². The lowest BCUT2D eigenvalue weighted by Crippen LogP contribution is -2.24. The van der Waals surface area contributed by atoms with Gasteiger partial charge < -0.3 is 19.5 Å². The van der Waals surface area contributed by atoms with Crippen molar-refractivity contribution in [2.24, 2.45) is 0 Å². The highest BCUT2D eigenvalue weighted by molar-refractivity contribution is 5.96. The smallest absolute Gasteiger partial charge is 0.231 e. The number of hydrogen-bond donors (Lipinski definition) is 1. The lowest BCUT2D eigenvalue weighted by atomic mass is 9.83. The van der Waals surface area contributed by atoms with E-state index in [1.807, 2.05) is 0 Å². The molecule has 23 heavy (non-hydrogen) atoms. The number of carbonyl (C=O) groups excluding carboxylic acids is 1. The van der Waals surface area contributed by atoms with Gasteiger partial charge in [0.1, 0.15) is 11.6 Å². The summed E-state index contributed by atoms with van der Waals surface area (Å²) in [6.45, 7) is 0.139. The molecule has 0 saturated heterocycles. The molecular weight excluding hydrogens is 301 g/mol. The summed E-state index contributed by atoms with van der Waals surface area (Å²) in [5, 5.41) is 2.81. The average Bonchev–Trinajstić information content (AvgIpc) is 2.99. The molecule has 0 aliphatic carbocycles. The number of benzene rings is 2. The van der Waals surface area contributed by atoms with Crippen LogP contribution >= 0.6 is 0 Å². The standard InChI is InChI=1S/C17H14FNO4/c1-21-13-4-2-3-11(18)17(13)10-6-16(20)19-12-7-15-14(5-9(10)12)22-8-23-15/h2-5,7,10H,6,8H2,1H3,(H,19,20). The Bertz CT molecular complexity index is 805. The first kappa shape index (κ1) is 13.9. The molecule has 4 rings (SSSR count). The molecular formula is C17H14FNO4. The van der Waals surface area contributed by atoms with Crippen molar-refractivity contribution < 1.29 is 23.4 Å². The van der Waals surface area contributed by atoms with Crippen molar-refractivity contribution in [3.63, 3.8) is 0 Å². The van der Waals surface area contributed by atoms with Crippen molar-refractivity contribution in [3.8, 4) is 17.2 Å². The number of hydrogen-bond acceptors (Lipinski definition) is 4. The van der Waals surface area contributed by atoms with Crippen LogP contribution in [0.25, 0.3) is 0 Å². The summed E-state index contributed by atoms with van der Waals surface area (Å²) in [6.07, 6.45) is 0.143. The van der Waals surface area contributed by atoms with Gasteiger partial charge in [-0.15, -0.1) is 0 Å². The van der Waals surface area contributed by atoms with Gasteiger partial charge >= 0.3 is 0 Å². The van der Waals surface area contributed by atoms with Gasteiger partial charge in [-0.05, 0) is 23.8 Å². The van der Waals surface area contributed by atoms with E-state index in [4.69, 9.17) is 14.2 Å². The molecule has 118 valence electrons. The van der Waals surface area contributed by atoms with Crippen molar-refractivity contribution in [1.29, 1.82) is 0 Å². The number of amides is 1. The van der Waals surface area contributed by atoms with Gasteiger partial charge in [-0.2, -0.15) is 0 Å². The Hall–Kier alpha value is -2.76. The molecule has 6 heteroatoms. The van der Waals surface area contributed by atoms with E-state index in [9.17, 15) is 9.18 Å². The second-order valence-electron chi connectivity index (χ2n) is 5.45. The summed E-state index contributed by atoms with van der Waals surface area (Å²) < 4.78 is 30.5. The molecule has 0 saturated carbocycles. The molecule has 0 fully saturated rings. The third-order valence-electron chi connectivity index (χ3n) is 4.17. The largest absolute Gasteiger partial charge is 0.496 e. The molecule has 0 radical (unpaired) electrons. The maximum absolute atomic E-state index is 14.4. The van der Waals surface area contributed by atoms with Gasteiger partial charge in [-0.3, -0.25) is 4.79 Å². The van der Waals surface area contributed by atoms with Crippen molar-refractivity contribution in [3.05, 3.63) is 47.3 Å². The fraction of sp³-hybridized carbons (Fsp3) is 0.235. The molecule has 1 N–H and O–H groups in total. The zero-order valence-corrected chi connectivity index (χ0v) is 12.4. The zero-order chi connectivity index (χ0) is 16.0. The van der Waals surface area contributed by atoms with Crippen LogP contribution < -0.4 is 19.5 Å². The lowest BCUT2D eigenvalue weighted by molar-refractivity contribution is -0.116. The summed E-state index contributed by atoms with van der Waals surface area (Å²) in [7, 11) is 1.49. The van der Waals surface area contributed by atoms with Crippen molar-refractivity contribution in [2.75, 3.05) is 19.2 Å². The molecule has 2 aromatic carbocycles. The van der Waals surface area contributed by atoms with Gasteiger partial charge in [0.05, 0.1) is 7.11 Å². The van der Waals surface area contributed by atoms with E-state index < -0.39 is 11.7 Å². The van der Waals surface area contributed by atoms with Crippen LogP contribution in [0, 0.1) is 5.82 Å². The van der Waals surface area contributed by atoms with Crippen molar-refractivity contribution in [1.82, 2.24) is 0 Å². The quantitative estimate of drug-likeness (QED) is 0.925. The third kappa shape index (κ3) is 2.18. The Balaban J connectivity index is 1.90. The summed E-state index contributed by atoms with van der Waals surface area (Å²) >= 11 is 0. The molecule has 0 spiro atoms. The van der Waals surface area contributed by atoms with Crippen LogP contribution in [0.1, 0.15) is 23.5 Å². The van der Waals surface area contributed by atoms with E-state index in [1.54, 1.807) is 24.3 Å². The molecule has 2 heterocycles. The van der Waals surface area contributed by atoms with Gasteiger partial charge in [0.25, 0.3) is 0 Å². The summed E-state index contributed by atoms with van der Waals surface area (Å²) in [5.41, 5.74) is 1.78. The number of anilines is 1. The number of halogens is 1. The van der Waals surface area contributed by atoms with E-state index in [-0.39, 0.29) is 19.1 Å². The van der Waals surface area contributed by atoms with Gasteiger partial charge in [0.15, 0.2) is 11.5 Å². The van der Waals surface area contributed by atoms with E-state index in [2.05, 4.69) is 5.32 Å². The van der Waals surface area contributed by atoms with E-state index in [0.717, 1.165) is 5.56 Å². The monoisotopic (exact) mass is 315 g/mol. The summed E-state index contributed by atoms with van der Waals surface area (Å²) in [6, 6.07) is 8.17. The highest BCUT2D eigenvalue weighted by Gasteiger charge is 2.33. The normalized spacial score (nSPS) is 18.3. The average molecular weight is 315 g/mol. The minimum atomic E-state index is -0.440. The SMILES string of the molecule is COc1cccc(F)c1C1CC(=O)Nc2cc3c(cc21)OCO3. The minimum absolute atomic E-state index is 0.139. The first-order valence-electron chi connectivity index (χ1n) is 7.23. The molecule has 0 bridgehead atoms. The van der Waals surface area contributed by atoms with Crippen LogP contribution in [0.2, 0.25) is 0 Å². The number of ether oxygens (including phenoxy) is 3. The minimum Gasteiger partial charge on any atom is -0.496 e. The number of carbonyl (C=O) groups is 1. The molecule has 2 aliphatic heterocycles. The lowest BCUT2D eigenvalue weighted by Gasteiger charge is -2.27. The van der Waals surface area contributed by atoms with E-state index in [0.29, 0.717) is 28.5 Å². The highest BCUT2D eigenvalue weighted by atomic mass is 19.1. The first-order chi connectivity index (χ1) is 11.2. The number of nitrogens with one attached hydrogen (secondary N) is 1. The third-order valence-corrected chi connectivity index (χ3v) is 4.17. The van der Waals surface area contributed by atoms with Gasteiger partial charge in [-0.25, -0.2) is 4.39 Å². The Kier molecular flexibility index (Phi) is 3.11. The number of fused-ring (bicyclic) bond motifs is 2. The predicted molar refractivity (Wildman–Crippen MR) is 80.6 cm³/mol. The Morgan fingerprint density at radius 2 is 2.04 bits per heavy atom. The molecule has 2 aromatic rings. The van der Waals surface area contributed by atoms with Crippen LogP contribution in [0.4, 0.5) is 10.1 Å². The van der Waals surface area contributed by atoms with Crippen LogP contribution in [0.5, 0.6) is 17.2 Å². The molecule has 2 aliphatic rings. The fourth-order valence-electron chi connectivity index (χ4n) is 3.14. The predicted octanol–water partition coefficient (Wildman–Crippen LogP) is 3.04. The molecule has 1 atom stereocenters. The molecule has 0 aromatic heterocycles. The second-order valence-corrected chi connectivity index (χ2v) is 5.45. The van der Waals surface area contributed by atoms with Crippen LogP contribution in [0.15, 0.2) is 30.3 Å². The zero-order valence-electron chi connectivity index (χ0n) is 12.4. The van der Waals surface area contributed by atoms with Gasteiger partial charge in [0, 0.05) is 29.7 Å². The van der Waals surface area contributed by atoms with Crippen LogP contribution in [0.3, 0.4) is 0 Å². The molecule has 1 amide bonds. The van der Waals surface area contributed by atoms with Gasteiger partial charge in [0.2, 0.25) is 12.7 Å². The Morgan fingerprint density at radius 3 is 2.83 bits per heavy atom. The Morgan fingerprint density at radius 1 is 1.26 bits per heavy atom. The van der Waals surface area contributed by atoms with Gasteiger partial charge in [-0.1, -0.05) is 6.07 Å². The number of rotatable bonds is 2. The summed E-state index contributed by atoms with van der Waals surface area (Å²) in [4.78, 5) is 12.1.